The molecule has 0 amide bonds. The number of halogens is 1. The van der Waals surface area contributed by atoms with Crippen LogP contribution in [0.15, 0.2) is 49.1 Å². The zero-order chi connectivity index (χ0) is 28.2. The van der Waals surface area contributed by atoms with Gasteiger partial charge in [-0.15, -0.1) is 0 Å². The van der Waals surface area contributed by atoms with Crippen LogP contribution >= 0.6 is 0 Å². The van der Waals surface area contributed by atoms with Crippen molar-refractivity contribution in [2.24, 2.45) is 11.7 Å². The molecule has 1 saturated carbocycles. The molecule has 3 N–H and O–H groups in total. The molecule has 1 aliphatic heterocycles. The number of nitrogens with two attached hydrogens (primary N) is 1. The van der Waals surface area contributed by atoms with E-state index in [-0.39, 0.29) is 30.3 Å². The van der Waals surface area contributed by atoms with Gasteiger partial charge < -0.3 is 16.0 Å². The Balaban J connectivity index is 1.26. The molecule has 2 atom stereocenters. The topological polar surface area (TPSA) is 132 Å². The monoisotopic (exact) mass is 564 g/mol. The third kappa shape index (κ3) is 5.37. The third-order valence-corrected chi connectivity index (χ3v) is 8.71. The SMILES string of the molecule is CC(C)c1ccc(N2C[C@H](CS(C)(=O)=O)[C@H]2N)c2cnc(Nc3ccnc(-c4cnn(CC5(F)CC5)c4)n3)cc12. The number of sulfone groups is 1. The van der Waals surface area contributed by atoms with E-state index >= 15 is 0 Å². The highest BCUT2D eigenvalue weighted by molar-refractivity contribution is 7.90. The Bertz CT molecular complexity index is 1680. The van der Waals surface area contributed by atoms with E-state index in [2.05, 4.69) is 45.3 Å². The van der Waals surface area contributed by atoms with E-state index in [0.29, 0.717) is 42.4 Å². The summed E-state index contributed by atoms with van der Waals surface area (Å²) in [5.74, 6) is 1.94. The molecule has 1 saturated heterocycles. The van der Waals surface area contributed by atoms with Gasteiger partial charge in [0.2, 0.25) is 0 Å². The predicted octanol–water partition coefficient (Wildman–Crippen LogP) is 4.02. The predicted molar refractivity (Wildman–Crippen MR) is 154 cm³/mol. The van der Waals surface area contributed by atoms with Gasteiger partial charge in [-0.1, -0.05) is 19.9 Å². The lowest BCUT2D eigenvalue weighted by atomic mass is 9.92. The molecule has 40 heavy (non-hydrogen) atoms. The van der Waals surface area contributed by atoms with E-state index in [1.807, 2.05) is 23.2 Å². The van der Waals surface area contributed by atoms with Gasteiger partial charge in [-0.3, -0.25) is 4.68 Å². The molecule has 12 heteroatoms. The Morgan fingerprint density at radius 1 is 1.15 bits per heavy atom. The van der Waals surface area contributed by atoms with Crippen LogP contribution in [0.25, 0.3) is 22.2 Å². The minimum atomic E-state index is -3.10. The summed E-state index contributed by atoms with van der Waals surface area (Å²) in [5.41, 5.74) is 8.10. The Labute approximate surface area is 232 Å². The molecular formula is C28H33FN8O2S. The minimum Gasteiger partial charge on any atom is -0.355 e. The smallest absolute Gasteiger partial charge is 0.164 e. The number of anilines is 3. The molecular weight excluding hydrogens is 531 g/mol. The molecule has 0 spiro atoms. The quantitative estimate of drug-likeness (QED) is 0.309. The van der Waals surface area contributed by atoms with Crippen LogP contribution in [0.4, 0.5) is 21.7 Å². The molecule has 4 heterocycles. The number of hydrogen-bond donors (Lipinski definition) is 2. The zero-order valence-electron chi connectivity index (χ0n) is 22.7. The van der Waals surface area contributed by atoms with E-state index in [9.17, 15) is 12.8 Å². The lowest BCUT2D eigenvalue weighted by Crippen LogP contribution is -2.63. The summed E-state index contributed by atoms with van der Waals surface area (Å²) >= 11 is 0. The second-order valence-corrected chi connectivity index (χ2v) is 13.6. The van der Waals surface area contributed by atoms with Crippen LogP contribution in [0.2, 0.25) is 0 Å². The summed E-state index contributed by atoms with van der Waals surface area (Å²) in [4.78, 5) is 15.7. The summed E-state index contributed by atoms with van der Waals surface area (Å²) in [5, 5.41) is 9.57. The fourth-order valence-corrected chi connectivity index (χ4v) is 6.40. The summed E-state index contributed by atoms with van der Waals surface area (Å²) in [6, 6.07) is 7.92. The standard InChI is InChI=1S/C28H33FN8O2S/c1-17(2)20-4-5-23(37-14-19(26(37)30)15-40(3,38)39)22-12-32-25(10-21(20)22)34-24-6-9-31-27(35-24)18-11-33-36(13-18)16-28(29)7-8-28/h4-6,9-13,17,19,26H,7-8,14-16,30H2,1-3H3,(H,31,32,34,35)/t19-,26+/m1/s1. The van der Waals surface area contributed by atoms with Gasteiger partial charge in [0, 0.05) is 48.4 Å². The molecule has 1 aromatic carbocycles. The number of aromatic nitrogens is 5. The second kappa shape index (κ2) is 9.77. The molecule has 0 unspecified atom stereocenters. The van der Waals surface area contributed by atoms with E-state index in [1.54, 1.807) is 29.3 Å². The van der Waals surface area contributed by atoms with Crippen LogP contribution in [0.3, 0.4) is 0 Å². The van der Waals surface area contributed by atoms with Crippen molar-refractivity contribution in [2.75, 3.05) is 28.8 Å². The van der Waals surface area contributed by atoms with Gasteiger partial charge in [0.1, 0.15) is 27.1 Å². The van der Waals surface area contributed by atoms with Crippen LogP contribution in [0.1, 0.15) is 38.2 Å². The first kappa shape index (κ1) is 26.6. The lowest BCUT2D eigenvalue weighted by Gasteiger charge is -2.47. The average molecular weight is 565 g/mol. The van der Waals surface area contributed by atoms with Crippen molar-refractivity contribution in [2.45, 2.75) is 51.0 Å². The van der Waals surface area contributed by atoms with Crippen molar-refractivity contribution in [3.63, 3.8) is 0 Å². The van der Waals surface area contributed by atoms with Crippen LogP contribution in [-0.2, 0) is 16.4 Å². The number of fused-ring (bicyclic) bond motifs is 1. The fourth-order valence-electron chi connectivity index (χ4n) is 5.32. The fraction of sp³-hybridized carbons (Fsp3) is 0.429. The number of alkyl halides is 1. The van der Waals surface area contributed by atoms with Crippen molar-refractivity contribution < 1.29 is 12.8 Å². The maximum Gasteiger partial charge on any atom is 0.164 e. The average Bonchev–Trinajstić information content (AvgIpc) is 3.44. The van der Waals surface area contributed by atoms with Gasteiger partial charge in [0.25, 0.3) is 0 Å². The minimum absolute atomic E-state index is 0.0807. The van der Waals surface area contributed by atoms with E-state index in [1.165, 1.54) is 11.8 Å². The van der Waals surface area contributed by atoms with Crippen LogP contribution in [-0.4, -0.2) is 63.5 Å². The van der Waals surface area contributed by atoms with Crippen molar-refractivity contribution in [1.82, 2.24) is 24.7 Å². The zero-order valence-corrected chi connectivity index (χ0v) is 23.6. The highest BCUT2D eigenvalue weighted by atomic mass is 32.2. The second-order valence-electron chi connectivity index (χ2n) is 11.4. The Morgan fingerprint density at radius 3 is 2.65 bits per heavy atom. The summed E-state index contributed by atoms with van der Waals surface area (Å²) in [6.45, 7) is 5.11. The van der Waals surface area contributed by atoms with E-state index in [4.69, 9.17) is 5.73 Å². The summed E-state index contributed by atoms with van der Waals surface area (Å²) in [6.07, 6.45) is 8.93. The molecule has 4 aromatic rings. The molecule has 1 aliphatic carbocycles. The van der Waals surface area contributed by atoms with Crippen molar-refractivity contribution >= 4 is 37.9 Å². The van der Waals surface area contributed by atoms with Gasteiger partial charge in [-0.2, -0.15) is 5.10 Å². The summed E-state index contributed by atoms with van der Waals surface area (Å²) < 4.78 is 39.3. The molecule has 6 rings (SSSR count). The molecule has 0 radical (unpaired) electrons. The number of pyridine rings is 1. The Hall–Kier alpha value is -3.64. The Morgan fingerprint density at radius 2 is 1.95 bits per heavy atom. The van der Waals surface area contributed by atoms with Gasteiger partial charge in [0.15, 0.2) is 5.82 Å². The maximum atomic E-state index is 14.1. The van der Waals surface area contributed by atoms with E-state index < -0.39 is 15.5 Å². The lowest BCUT2D eigenvalue weighted by molar-refractivity contribution is 0.261. The maximum absolute atomic E-state index is 14.1. The van der Waals surface area contributed by atoms with Crippen molar-refractivity contribution in [3.05, 3.63) is 54.6 Å². The van der Waals surface area contributed by atoms with Crippen LogP contribution in [0, 0.1) is 5.92 Å². The number of hydrogen-bond acceptors (Lipinski definition) is 9. The molecule has 2 aliphatic rings. The Kier molecular flexibility index (Phi) is 6.49. The molecule has 10 nitrogen and oxygen atoms in total. The van der Waals surface area contributed by atoms with Crippen molar-refractivity contribution in [1.29, 1.82) is 0 Å². The highest BCUT2D eigenvalue weighted by Gasteiger charge is 2.43. The van der Waals surface area contributed by atoms with Crippen molar-refractivity contribution in [3.8, 4) is 11.4 Å². The van der Waals surface area contributed by atoms with Crippen LogP contribution < -0.4 is 16.0 Å². The molecule has 3 aromatic heterocycles. The molecule has 2 fully saturated rings. The third-order valence-electron chi connectivity index (χ3n) is 7.68. The first-order valence-electron chi connectivity index (χ1n) is 13.4. The largest absolute Gasteiger partial charge is 0.355 e. The first-order valence-corrected chi connectivity index (χ1v) is 15.5. The van der Waals surface area contributed by atoms with Crippen LogP contribution in [0.5, 0.6) is 0 Å². The number of nitrogens with one attached hydrogen (secondary N) is 1. The number of benzene rings is 1. The summed E-state index contributed by atoms with van der Waals surface area (Å²) in [7, 11) is -3.10. The number of nitrogens with zero attached hydrogens (tertiary/aromatic N) is 6. The van der Waals surface area contributed by atoms with Gasteiger partial charge in [0.05, 0.1) is 30.2 Å². The molecule has 0 bridgehead atoms. The van der Waals surface area contributed by atoms with Gasteiger partial charge in [-0.05, 0) is 47.9 Å². The van der Waals surface area contributed by atoms with Gasteiger partial charge in [-0.25, -0.2) is 27.8 Å². The highest BCUT2D eigenvalue weighted by Crippen LogP contribution is 2.41. The molecule has 210 valence electrons. The number of rotatable bonds is 9. The van der Waals surface area contributed by atoms with E-state index in [0.717, 1.165) is 16.5 Å². The first-order chi connectivity index (χ1) is 19.0. The normalized spacial score (nSPS) is 20.1. The van der Waals surface area contributed by atoms with Gasteiger partial charge >= 0.3 is 0 Å².